The van der Waals surface area contributed by atoms with Crippen LogP contribution in [0, 0.1) is 6.92 Å². The van der Waals surface area contributed by atoms with E-state index in [1.165, 1.54) is 11.3 Å². The molecular weight excluding hydrogens is 462 g/mol. The summed E-state index contributed by atoms with van der Waals surface area (Å²) in [7, 11) is 0. The number of pyridine rings is 1. The Hall–Kier alpha value is -3.76. The van der Waals surface area contributed by atoms with Crippen LogP contribution in [0.2, 0.25) is 0 Å². The van der Waals surface area contributed by atoms with Crippen LogP contribution in [-0.2, 0) is 11.2 Å². The summed E-state index contributed by atoms with van der Waals surface area (Å²) in [6.45, 7) is 3.70. The maximum atomic E-state index is 12.5. The smallest absolute Gasteiger partial charge is 0.348 e. The van der Waals surface area contributed by atoms with Crippen LogP contribution in [0.15, 0.2) is 54.9 Å². The molecule has 4 aromatic heterocycles. The summed E-state index contributed by atoms with van der Waals surface area (Å²) in [4.78, 5) is 36.5. The molecule has 1 saturated heterocycles. The molecule has 0 unspecified atom stereocenters. The molecule has 0 bridgehead atoms. The molecule has 0 spiro atoms. The van der Waals surface area contributed by atoms with Crippen molar-refractivity contribution in [3.05, 3.63) is 76.1 Å². The van der Waals surface area contributed by atoms with Crippen LogP contribution in [0.25, 0.3) is 11.5 Å². The number of carbonyl (C=O) groups is 1. The summed E-state index contributed by atoms with van der Waals surface area (Å²) in [6.07, 6.45) is 5.61. The topological polar surface area (TPSA) is 115 Å². The maximum Gasteiger partial charge on any atom is 0.348 e. The largest absolute Gasteiger partial charge is 0.458 e. The zero-order valence-electron chi connectivity index (χ0n) is 19.3. The molecule has 0 aromatic carbocycles. The summed E-state index contributed by atoms with van der Waals surface area (Å²) in [5.41, 5.74) is 1.62. The van der Waals surface area contributed by atoms with Gasteiger partial charge in [0.1, 0.15) is 34.1 Å². The van der Waals surface area contributed by atoms with Crippen molar-refractivity contribution >= 4 is 28.9 Å². The van der Waals surface area contributed by atoms with Gasteiger partial charge < -0.3 is 15.4 Å². The molecule has 9 nitrogen and oxygen atoms in total. The lowest BCUT2D eigenvalue weighted by Gasteiger charge is -2.22. The molecule has 5 rings (SSSR count). The predicted molar refractivity (Wildman–Crippen MR) is 134 cm³/mol. The van der Waals surface area contributed by atoms with Crippen LogP contribution in [0.4, 0.5) is 11.6 Å². The number of nitrogens with one attached hydrogen (secondary N) is 2. The molecule has 1 fully saturated rings. The molecule has 0 aliphatic carbocycles. The Kier molecular flexibility index (Phi) is 7.01. The van der Waals surface area contributed by atoms with E-state index < -0.39 is 0 Å². The number of ether oxygens (including phenoxy) is 1. The van der Waals surface area contributed by atoms with Crippen molar-refractivity contribution in [1.29, 1.82) is 0 Å². The predicted octanol–water partition coefficient (Wildman–Crippen LogP) is 3.94. The average molecular weight is 488 g/mol. The molecule has 1 aliphatic heterocycles. The molecule has 2 N–H and O–H groups in total. The van der Waals surface area contributed by atoms with E-state index in [4.69, 9.17) is 4.74 Å². The van der Waals surface area contributed by atoms with Crippen LogP contribution >= 0.6 is 11.3 Å². The SMILES string of the molecule is Cc1cccc(-c2nccc(Nc3ccnc(Cc4ccc(C(=O)OC5CCNCC5)s4)n3)n2)n1. The zero-order valence-corrected chi connectivity index (χ0v) is 20.1. The van der Waals surface area contributed by atoms with Gasteiger partial charge in [0, 0.05) is 29.4 Å². The maximum absolute atomic E-state index is 12.5. The first kappa shape index (κ1) is 23.0. The van der Waals surface area contributed by atoms with Crippen LogP contribution < -0.4 is 10.6 Å². The fraction of sp³-hybridized carbons (Fsp3) is 0.280. The van der Waals surface area contributed by atoms with Gasteiger partial charge in [0.25, 0.3) is 0 Å². The Labute approximate surface area is 207 Å². The number of hydrogen-bond acceptors (Lipinski definition) is 10. The number of nitrogens with zero attached hydrogens (tertiary/aromatic N) is 5. The second-order valence-corrected chi connectivity index (χ2v) is 9.38. The van der Waals surface area contributed by atoms with E-state index in [1.807, 2.05) is 37.3 Å². The summed E-state index contributed by atoms with van der Waals surface area (Å²) < 4.78 is 5.65. The zero-order chi connectivity index (χ0) is 24.0. The number of esters is 1. The monoisotopic (exact) mass is 487 g/mol. The molecule has 35 heavy (non-hydrogen) atoms. The van der Waals surface area contributed by atoms with Gasteiger partial charge in [0.05, 0.1) is 0 Å². The molecule has 0 radical (unpaired) electrons. The lowest BCUT2D eigenvalue weighted by molar-refractivity contribution is 0.0235. The van der Waals surface area contributed by atoms with Crippen molar-refractivity contribution in [2.45, 2.75) is 32.3 Å². The normalized spacial score (nSPS) is 14.0. The van der Waals surface area contributed by atoms with Gasteiger partial charge in [0.2, 0.25) is 0 Å². The van der Waals surface area contributed by atoms with Gasteiger partial charge >= 0.3 is 5.97 Å². The quantitative estimate of drug-likeness (QED) is 0.374. The van der Waals surface area contributed by atoms with Gasteiger partial charge in [-0.05, 0) is 69.3 Å². The van der Waals surface area contributed by atoms with Gasteiger partial charge in [0.15, 0.2) is 5.82 Å². The Morgan fingerprint density at radius 2 is 1.83 bits per heavy atom. The van der Waals surface area contributed by atoms with Crippen molar-refractivity contribution in [2.75, 3.05) is 18.4 Å². The van der Waals surface area contributed by atoms with Gasteiger partial charge in [-0.15, -0.1) is 11.3 Å². The van der Waals surface area contributed by atoms with E-state index in [9.17, 15) is 4.79 Å². The molecule has 1 aliphatic rings. The second kappa shape index (κ2) is 10.7. The number of aromatic nitrogens is 5. The first-order valence-corrected chi connectivity index (χ1v) is 12.3. The van der Waals surface area contributed by atoms with Crippen molar-refractivity contribution in [2.24, 2.45) is 0 Å². The van der Waals surface area contributed by atoms with Crippen LogP contribution in [0.1, 0.15) is 38.9 Å². The summed E-state index contributed by atoms with van der Waals surface area (Å²) in [6, 6.07) is 13.0. The summed E-state index contributed by atoms with van der Waals surface area (Å²) in [5, 5.41) is 6.49. The van der Waals surface area contributed by atoms with Crippen LogP contribution in [0.5, 0.6) is 0 Å². The molecule has 0 amide bonds. The fourth-order valence-corrected chi connectivity index (χ4v) is 4.65. The van der Waals surface area contributed by atoms with Crippen molar-refractivity contribution < 1.29 is 9.53 Å². The number of rotatable bonds is 7. The van der Waals surface area contributed by atoms with E-state index in [2.05, 4.69) is 35.6 Å². The van der Waals surface area contributed by atoms with E-state index in [0.717, 1.165) is 36.5 Å². The highest BCUT2D eigenvalue weighted by Gasteiger charge is 2.20. The third-order valence-electron chi connectivity index (χ3n) is 5.49. The van der Waals surface area contributed by atoms with Gasteiger partial charge in [-0.1, -0.05) is 6.07 Å². The average Bonchev–Trinajstić information content (AvgIpc) is 3.34. The molecular formula is C25H25N7O2S. The molecule has 5 heterocycles. The van der Waals surface area contributed by atoms with Gasteiger partial charge in [-0.2, -0.15) is 0 Å². The Morgan fingerprint density at radius 3 is 2.66 bits per heavy atom. The highest BCUT2D eigenvalue weighted by Crippen LogP contribution is 2.22. The van der Waals surface area contributed by atoms with E-state index in [-0.39, 0.29) is 12.1 Å². The first-order valence-electron chi connectivity index (χ1n) is 11.5. The van der Waals surface area contributed by atoms with Crippen LogP contribution in [0.3, 0.4) is 0 Å². The number of piperidine rings is 1. The van der Waals surface area contributed by atoms with Crippen molar-refractivity contribution in [3.63, 3.8) is 0 Å². The third-order valence-corrected chi connectivity index (χ3v) is 6.55. The van der Waals surface area contributed by atoms with Gasteiger partial charge in [-0.3, -0.25) is 0 Å². The highest BCUT2D eigenvalue weighted by molar-refractivity contribution is 7.13. The second-order valence-electron chi connectivity index (χ2n) is 8.21. The lowest BCUT2D eigenvalue weighted by atomic mass is 10.1. The van der Waals surface area contributed by atoms with E-state index >= 15 is 0 Å². The fourth-order valence-electron chi connectivity index (χ4n) is 3.77. The molecule has 0 saturated carbocycles. The minimum atomic E-state index is -0.257. The standard InChI is InChI=1S/C25H25N7O2S/c1-16-3-2-4-19(29-16)24-28-14-10-22(32-24)30-21-9-13-27-23(31-21)15-18-5-6-20(35-18)25(33)34-17-7-11-26-12-8-17/h2-6,9-10,13-14,17,26H,7-8,11-12,15H2,1H3,(H,27,28,30,31,32). The molecule has 4 aromatic rings. The third kappa shape index (κ3) is 6.03. The minimum Gasteiger partial charge on any atom is -0.458 e. The molecule has 178 valence electrons. The van der Waals surface area contributed by atoms with Crippen molar-refractivity contribution in [3.8, 4) is 11.5 Å². The number of hydrogen-bond donors (Lipinski definition) is 2. The number of aryl methyl sites for hydroxylation is 1. The highest BCUT2D eigenvalue weighted by atomic mass is 32.1. The number of carbonyl (C=O) groups excluding carboxylic acids is 1. The number of thiophene rings is 1. The van der Waals surface area contributed by atoms with Crippen LogP contribution in [-0.4, -0.2) is 50.1 Å². The van der Waals surface area contributed by atoms with E-state index in [1.54, 1.807) is 24.5 Å². The Morgan fingerprint density at radius 1 is 1.03 bits per heavy atom. The summed E-state index contributed by atoms with van der Waals surface area (Å²) >= 11 is 1.42. The first-order chi connectivity index (χ1) is 17.1. The van der Waals surface area contributed by atoms with Crippen molar-refractivity contribution in [1.82, 2.24) is 30.2 Å². The molecule has 0 atom stereocenters. The Bertz CT molecular complexity index is 1320. The lowest BCUT2D eigenvalue weighted by Crippen LogP contribution is -2.33. The van der Waals surface area contributed by atoms with E-state index in [0.29, 0.717) is 40.3 Å². The molecule has 10 heteroatoms. The van der Waals surface area contributed by atoms with Gasteiger partial charge in [-0.25, -0.2) is 29.7 Å². The number of anilines is 2. The minimum absolute atomic E-state index is 0.00982. The Balaban J connectivity index is 1.24. The summed E-state index contributed by atoms with van der Waals surface area (Å²) in [5.74, 6) is 2.16.